The topological polar surface area (TPSA) is 51.3 Å². The van der Waals surface area contributed by atoms with E-state index in [-0.39, 0.29) is 11.9 Å². The zero-order valence-electron chi connectivity index (χ0n) is 12.3. The number of hydrogen-bond donors (Lipinski definition) is 1. The number of aromatic nitrogens is 1. The van der Waals surface area contributed by atoms with Crippen LogP contribution in [0.15, 0.2) is 12.3 Å². The molecule has 1 amide bonds. The molecule has 1 aromatic heterocycles. The van der Waals surface area contributed by atoms with Crippen molar-refractivity contribution in [3.8, 4) is 0 Å². The lowest BCUT2D eigenvalue weighted by Crippen LogP contribution is -2.46. The van der Waals surface area contributed by atoms with E-state index in [0.29, 0.717) is 23.2 Å². The summed E-state index contributed by atoms with van der Waals surface area (Å²) in [5, 5.41) is 0.614. The average Bonchev–Trinajstić information content (AvgIpc) is 2.86. The predicted molar refractivity (Wildman–Crippen MR) is 82.0 cm³/mol. The monoisotopic (exact) mass is 297 g/mol. The van der Waals surface area contributed by atoms with Gasteiger partial charge in [0.2, 0.25) is 0 Å². The van der Waals surface area contributed by atoms with Crippen molar-refractivity contribution < 1.29 is 4.79 Å². The van der Waals surface area contributed by atoms with E-state index in [1.54, 1.807) is 6.07 Å². The van der Waals surface area contributed by atoms with Gasteiger partial charge in [0.15, 0.2) is 0 Å². The van der Waals surface area contributed by atoms with Crippen molar-refractivity contribution >= 4 is 17.5 Å². The summed E-state index contributed by atoms with van der Waals surface area (Å²) < 4.78 is 1.90. The van der Waals surface area contributed by atoms with E-state index in [2.05, 4.69) is 0 Å². The Morgan fingerprint density at radius 2 is 2.20 bits per heavy atom. The van der Waals surface area contributed by atoms with Crippen molar-refractivity contribution in [2.45, 2.75) is 45.2 Å². The summed E-state index contributed by atoms with van der Waals surface area (Å²) in [7, 11) is 1.89. The third kappa shape index (κ3) is 3.01. The molecule has 1 aliphatic rings. The highest BCUT2D eigenvalue weighted by molar-refractivity contribution is 6.31. The first-order valence-electron chi connectivity index (χ1n) is 7.41. The van der Waals surface area contributed by atoms with Crippen LogP contribution in [-0.4, -0.2) is 35.0 Å². The largest absolute Gasteiger partial charge is 0.342 e. The Labute approximate surface area is 125 Å². The normalized spacial score (nSPS) is 22.8. The van der Waals surface area contributed by atoms with Gasteiger partial charge in [-0.2, -0.15) is 0 Å². The van der Waals surface area contributed by atoms with E-state index in [0.717, 1.165) is 19.4 Å². The number of carbonyl (C=O) groups is 1. The van der Waals surface area contributed by atoms with Crippen molar-refractivity contribution in [1.82, 2.24) is 9.47 Å². The SMILES string of the molecule is CCn1cc(Cl)cc1C(=O)N(C)C1CCCCC1CN. The van der Waals surface area contributed by atoms with Crippen LogP contribution < -0.4 is 5.73 Å². The lowest BCUT2D eigenvalue weighted by molar-refractivity contribution is 0.0610. The Balaban J connectivity index is 2.18. The van der Waals surface area contributed by atoms with Crippen molar-refractivity contribution in [2.75, 3.05) is 13.6 Å². The van der Waals surface area contributed by atoms with Crippen molar-refractivity contribution in [3.63, 3.8) is 0 Å². The van der Waals surface area contributed by atoms with Gasteiger partial charge in [-0.25, -0.2) is 0 Å². The van der Waals surface area contributed by atoms with Gasteiger partial charge in [-0.05, 0) is 38.3 Å². The minimum atomic E-state index is 0.0455. The van der Waals surface area contributed by atoms with Gasteiger partial charge in [0.1, 0.15) is 5.69 Å². The van der Waals surface area contributed by atoms with E-state index in [1.807, 2.05) is 29.6 Å². The van der Waals surface area contributed by atoms with Gasteiger partial charge in [-0.3, -0.25) is 4.79 Å². The molecular formula is C15H24ClN3O. The molecule has 0 bridgehead atoms. The first-order valence-corrected chi connectivity index (χ1v) is 7.79. The Kier molecular flexibility index (Phi) is 5.11. The Hall–Kier alpha value is -1.00. The van der Waals surface area contributed by atoms with Crippen LogP contribution in [0.5, 0.6) is 0 Å². The minimum absolute atomic E-state index is 0.0455. The molecule has 1 heterocycles. The molecule has 1 saturated carbocycles. The van der Waals surface area contributed by atoms with E-state index in [9.17, 15) is 4.79 Å². The van der Waals surface area contributed by atoms with E-state index < -0.39 is 0 Å². The predicted octanol–water partition coefficient (Wildman–Crippen LogP) is 2.75. The number of rotatable bonds is 4. The summed E-state index contributed by atoms with van der Waals surface area (Å²) in [5.41, 5.74) is 6.53. The first-order chi connectivity index (χ1) is 9.58. The van der Waals surface area contributed by atoms with Crippen LogP contribution in [0.25, 0.3) is 0 Å². The molecule has 4 nitrogen and oxygen atoms in total. The molecule has 0 radical (unpaired) electrons. The van der Waals surface area contributed by atoms with Crippen LogP contribution in [0.1, 0.15) is 43.1 Å². The molecule has 0 saturated heterocycles. The molecule has 112 valence electrons. The quantitative estimate of drug-likeness (QED) is 0.929. The molecular weight excluding hydrogens is 274 g/mol. The fourth-order valence-corrected chi connectivity index (χ4v) is 3.44. The molecule has 1 fully saturated rings. The first kappa shape index (κ1) is 15.4. The third-order valence-corrected chi connectivity index (χ3v) is 4.62. The fraction of sp³-hybridized carbons (Fsp3) is 0.667. The standard InChI is InChI=1S/C15H24ClN3O/c1-3-19-10-12(16)8-14(19)15(20)18(2)13-7-5-4-6-11(13)9-17/h8,10-11,13H,3-7,9,17H2,1-2H3. The second-order valence-electron chi connectivity index (χ2n) is 5.59. The smallest absolute Gasteiger partial charge is 0.270 e. The zero-order chi connectivity index (χ0) is 14.7. The van der Waals surface area contributed by atoms with Gasteiger partial charge >= 0.3 is 0 Å². The number of hydrogen-bond acceptors (Lipinski definition) is 2. The summed E-state index contributed by atoms with van der Waals surface area (Å²) in [4.78, 5) is 14.6. The van der Waals surface area contributed by atoms with E-state index >= 15 is 0 Å². The fourth-order valence-electron chi connectivity index (χ4n) is 3.22. The minimum Gasteiger partial charge on any atom is -0.342 e. The molecule has 1 aliphatic carbocycles. The average molecular weight is 298 g/mol. The summed E-state index contributed by atoms with van der Waals surface area (Å²) in [6, 6.07) is 2.00. The second-order valence-corrected chi connectivity index (χ2v) is 6.03. The lowest BCUT2D eigenvalue weighted by Gasteiger charge is -2.37. The molecule has 2 rings (SSSR count). The van der Waals surface area contributed by atoms with E-state index in [4.69, 9.17) is 17.3 Å². The molecule has 1 aromatic rings. The molecule has 0 aromatic carbocycles. The van der Waals surface area contributed by atoms with Crippen LogP contribution in [0, 0.1) is 5.92 Å². The number of nitrogens with two attached hydrogens (primary N) is 1. The molecule has 0 spiro atoms. The summed E-state index contributed by atoms with van der Waals surface area (Å²) >= 11 is 6.02. The second kappa shape index (κ2) is 6.64. The van der Waals surface area contributed by atoms with E-state index in [1.165, 1.54) is 12.8 Å². The van der Waals surface area contributed by atoms with Crippen LogP contribution >= 0.6 is 11.6 Å². The molecule has 2 atom stereocenters. The maximum atomic E-state index is 12.7. The summed E-state index contributed by atoms with van der Waals surface area (Å²) in [5.74, 6) is 0.460. The Morgan fingerprint density at radius 3 is 2.85 bits per heavy atom. The van der Waals surface area contributed by atoms with Gasteiger partial charge in [-0.15, -0.1) is 0 Å². The van der Waals surface area contributed by atoms with Crippen molar-refractivity contribution in [3.05, 3.63) is 23.0 Å². The lowest BCUT2D eigenvalue weighted by atomic mass is 9.83. The Bertz CT molecular complexity index is 472. The zero-order valence-corrected chi connectivity index (χ0v) is 13.1. The maximum absolute atomic E-state index is 12.7. The van der Waals surface area contributed by atoms with Crippen molar-refractivity contribution in [1.29, 1.82) is 0 Å². The number of amides is 1. The van der Waals surface area contributed by atoms with Crippen molar-refractivity contribution in [2.24, 2.45) is 11.7 Å². The third-order valence-electron chi connectivity index (χ3n) is 4.41. The van der Waals surface area contributed by atoms with Gasteiger partial charge in [-0.1, -0.05) is 24.4 Å². The highest BCUT2D eigenvalue weighted by atomic mass is 35.5. The van der Waals surface area contributed by atoms with Gasteiger partial charge < -0.3 is 15.2 Å². The highest BCUT2D eigenvalue weighted by Gasteiger charge is 2.31. The van der Waals surface area contributed by atoms with Crippen LogP contribution in [0.2, 0.25) is 5.02 Å². The summed E-state index contributed by atoms with van der Waals surface area (Å²) in [6.07, 6.45) is 6.37. The van der Waals surface area contributed by atoms with Crippen LogP contribution in [-0.2, 0) is 6.54 Å². The maximum Gasteiger partial charge on any atom is 0.270 e. The van der Waals surface area contributed by atoms with Crippen LogP contribution in [0.4, 0.5) is 0 Å². The molecule has 20 heavy (non-hydrogen) atoms. The van der Waals surface area contributed by atoms with Gasteiger partial charge in [0, 0.05) is 25.8 Å². The molecule has 5 heteroatoms. The Morgan fingerprint density at radius 1 is 1.50 bits per heavy atom. The van der Waals surface area contributed by atoms with Crippen LogP contribution in [0.3, 0.4) is 0 Å². The number of aryl methyl sites for hydroxylation is 1. The molecule has 2 unspecified atom stereocenters. The van der Waals surface area contributed by atoms with Gasteiger partial charge in [0.25, 0.3) is 5.91 Å². The number of carbonyl (C=O) groups excluding carboxylic acids is 1. The highest BCUT2D eigenvalue weighted by Crippen LogP contribution is 2.28. The molecule has 2 N–H and O–H groups in total. The van der Waals surface area contributed by atoms with Gasteiger partial charge in [0.05, 0.1) is 5.02 Å². The number of nitrogens with zero attached hydrogens (tertiary/aromatic N) is 2. The summed E-state index contributed by atoms with van der Waals surface area (Å²) in [6.45, 7) is 3.40. The molecule has 0 aliphatic heterocycles. The number of halogens is 1.